The van der Waals surface area contributed by atoms with Crippen LogP contribution >= 0.6 is 11.6 Å². The molecule has 0 spiro atoms. The summed E-state index contributed by atoms with van der Waals surface area (Å²) in [4.78, 5) is 10.4. The van der Waals surface area contributed by atoms with Crippen molar-refractivity contribution in [1.82, 2.24) is 10.2 Å². The van der Waals surface area contributed by atoms with Gasteiger partial charge in [-0.1, -0.05) is 11.6 Å². The molecule has 0 atom stereocenters. The molecule has 1 aromatic carbocycles. The van der Waals surface area contributed by atoms with Crippen molar-refractivity contribution < 1.29 is 9.18 Å². The zero-order chi connectivity index (χ0) is 9.42. The fourth-order valence-corrected chi connectivity index (χ4v) is 1.38. The second-order valence-corrected chi connectivity index (χ2v) is 2.97. The third-order valence-electron chi connectivity index (χ3n) is 1.72. The number of aromatic amines is 1. The molecule has 2 rings (SSSR count). The monoisotopic (exact) mass is 198 g/mol. The number of aromatic nitrogens is 2. The molecule has 0 radical (unpaired) electrons. The van der Waals surface area contributed by atoms with Gasteiger partial charge in [0.25, 0.3) is 0 Å². The zero-order valence-corrected chi connectivity index (χ0v) is 7.10. The first-order valence-electron chi connectivity index (χ1n) is 3.50. The molecule has 1 N–H and O–H groups in total. The van der Waals surface area contributed by atoms with Gasteiger partial charge in [-0.05, 0) is 12.1 Å². The number of carbonyl (C=O) groups is 1. The lowest BCUT2D eigenvalue weighted by molar-refractivity contribution is 0.112. The summed E-state index contributed by atoms with van der Waals surface area (Å²) in [5, 5.41) is 6.58. The van der Waals surface area contributed by atoms with E-state index in [1.54, 1.807) is 0 Å². The molecule has 1 aromatic heterocycles. The Balaban J connectivity index is 2.89. The molecule has 0 aliphatic carbocycles. The highest BCUT2D eigenvalue weighted by atomic mass is 35.5. The van der Waals surface area contributed by atoms with Crippen LogP contribution in [0.2, 0.25) is 5.02 Å². The predicted molar refractivity (Wildman–Crippen MR) is 46.4 cm³/mol. The number of carbonyl (C=O) groups excluding carboxylic acids is 1. The van der Waals surface area contributed by atoms with E-state index in [9.17, 15) is 9.18 Å². The summed E-state index contributed by atoms with van der Waals surface area (Å²) in [6.45, 7) is 0. The van der Waals surface area contributed by atoms with Gasteiger partial charge in [0.1, 0.15) is 11.5 Å². The van der Waals surface area contributed by atoms with Crippen molar-refractivity contribution in [3.8, 4) is 0 Å². The van der Waals surface area contributed by atoms with Gasteiger partial charge in [0.15, 0.2) is 6.29 Å². The summed E-state index contributed by atoms with van der Waals surface area (Å²) in [7, 11) is 0. The number of halogens is 2. The van der Waals surface area contributed by atoms with Crippen LogP contribution in [0, 0.1) is 5.82 Å². The molecule has 13 heavy (non-hydrogen) atoms. The molecule has 0 aliphatic rings. The van der Waals surface area contributed by atoms with Crippen LogP contribution < -0.4 is 0 Å². The molecule has 1 heterocycles. The van der Waals surface area contributed by atoms with Crippen LogP contribution in [0.5, 0.6) is 0 Å². The van der Waals surface area contributed by atoms with Gasteiger partial charge < -0.3 is 0 Å². The Morgan fingerprint density at radius 3 is 3.00 bits per heavy atom. The average Bonchev–Trinajstić information content (AvgIpc) is 2.47. The van der Waals surface area contributed by atoms with Crippen LogP contribution in [0.15, 0.2) is 12.1 Å². The highest BCUT2D eigenvalue weighted by Gasteiger charge is 2.10. The molecule has 0 saturated carbocycles. The smallest absolute Gasteiger partial charge is 0.168 e. The molecule has 0 aliphatic heterocycles. The lowest BCUT2D eigenvalue weighted by Gasteiger charge is -1.92. The van der Waals surface area contributed by atoms with Crippen molar-refractivity contribution in [2.75, 3.05) is 0 Å². The van der Waals surface area contributed by atoms with Gasteiger partial charge >= 0.3 is 0 Å². The topological polar surface area (TPSA) is 45.8 Å². The molecule has 0 saturated heterocycles. The average molecular weight is 199 g/mol. The molecule has 0 fully saturated rings. The number of hydrogen-bond acceptors (Lipinski definition) is 2. The summed E-state index contributed by atoms with van der Waals surface area (Å²) >= 11 is 5.59. The van der Waals surface area contributed by atoms with E-state index in [4.69, 9.17) is 11.6 Å². The van der Waals surface area contributed by atoms with E-state index in [1.807, 2.05) is 0 Å². The number of benzene rings is 1. The number of rotatable bonds is 1. The number of hydrogen-bond donors (Lipinski definition) is 1. The number of aldehydes is 1. The number of H-pyrrole nitrogens is 1. The van der Waals surface area contributed by atoms with E-state index in [0.29, 0.717) is 11.8 Å². The van der Waals surface area contributed by atoms with Gasteiger partial charge in [0, 0.05) is 5.02 Å². The minimum Gasteiger partial charge on any atom is -0.296 e. The van der Waals surface area contributed by atoms with Crippen molar-refractivity contribution in [3.63, 3.8) is 0 Å². The highest BCUT2D eigenvalue weighted by molar-refractivity contribution is 6.31. The van der Waals surface area contributed by atoms with E-state index >= 15 is 0 Å². The second kappa shape index (κ2) is 2.81. The Hall–Kier alpha value is -1.42. The van der Waals surface area contributed by atoms with E-state index in [-0.39, 0.29) is 16.1 Å². The maximum Gasteiger partial charge on any atom is 0.168 e. The maximum absolute atomic E-state index is 13.2. The van der Waals surface area contributed by atoms with Crippen LogP contribution in [0.25, 0.3) is 10.9 Å². The normalized spacial score (nSPS) is 10.6. The Labute approximate surface area is 77.5 Å². The van der Waals surface area contributed by atoms with Gasteiger partial charge in [0.05, 0.1) is 10.9 Å². The van der Waals surface area contributed by atoms with E-state index in [2.05, 4.69) is 10.2 Å². The minimum atomic E-state index is -0.543. The van der Waals surface area contributed by atoms with Gasteiger partial charge in [0.2, 0.25) is 0 Å². The molecular formula is C8H4ClFN2O. The predicted octanol–water partition coefficient (Wildman–Crippen LogP) is 2.17. The first kappa shape index (κ1) is 8.19. The fourth-order valence-electron chi connectivity index (χ4n) is 1.18. The molecule has 5 heteroatoms. The molecule has 66 valence electrons. The van der Waals surface area contributed by atoms with Crippen molar-refractivity contribution in [3.05, 3.63) is 28.7 Å². The highest BCUT2D eigenvalue weighted by Crippen LogP contribution is 2.22. The summed E-state index contributed by atoms with van der Waals surface area (Å²) < 4.78 is 13.2. The van der Waals surface area contributed by atoms with Crippen LogP contribution in [0.3, 0.4) is 0 Å². The van der Waals surface area contributed by atoms with Crippen molar-refractivity contribution in [1.29, 1.82) is 0 Å². The van der Waals surface area contributed by atoms with Gasteiger partial charge in [-0.25, -0.2) is 4.39 Å². The van der Waals surface area contributed by atoms with Crippen LogP contribution in [-0.2, 0) is 0 Å². The van der Waals surface area contributed by atoms with Crippen LogP contribution in [0.1, 0.15) is 10.5 Å². The van der Waals surface area contributed by atoms with E-state index in [0.717, 1.165) is 6.07 Å². The van der Waals surface area contributed by atoms with Crippen molar-refractivity contribution in [2.24, 2.45) is 0 Å². The Kier molecular flexibility index (Phi) is 1.77. The second-order valence-electron chi connectivity index (χ2n) is 2.54. The van der Waals surface area contributed by atoms with Crippen LogP contribution in [0.4, 0.5) is 4.39 Å². The van der Waals surface area contributed by atoms with Crippen LogP contribution in [-0.4, -0.2) is 16.5 Å². The van der Waals surface area contributed by atoms with E-state index < -0.39 is 5.82 Å². The molecule has 2 aromatic rings. The fraction of sp³-hybridized carbons (Fsp3) is 0. The first-order chi connectivity index (χ1) is 6.22. The summed E-state index contributed by atoms with van der Waals surface area (Å²) in [6, 6.07) is 2.63. The first-order valence-corrected chi connectivity index (χ1v) is 3.88. The largest absolute Gasteiger partial charge is 0.296 e. The van der Waals surface area contributed by atoms with Gasteiger partial charge in [-0.2, -0.15) is 5.10 Å². The SMILES string of the molecule is O=Cc1[nH]nc2cc(Cl)cc(F)c12. The van der Waals surface area contributed by atoms with Crippen molar-refractivity contribution in [2.45, 2.75) is 0 Å². The summed E-state index contributed by atoms with van der Waals surface area (Å²) in [6.07, 6.45) is 0.520. The van der Waals surface area contributed by atoms with Gasteiger partial charge in [-0.3, -0.25) is 9.89 Å². The lowest BCUT2D eigenvalue weighted by Crippen LogP contribution is -1.82. The standard InChI is InChI=1S/C8H4ClFN2O/c9-4-1-5(10)8-6(2-4)11-12-7(8)3-13/h1-3H,(H,11,12). The summed E-state index contributed by atoms with van der Waals surface area (Å²) in [5.74, 6) is -0.543. The van der Waals surface area contributed by atoms with Gasteiger partial charge in [-0.15, -0.1) is 0 Å². The summed E-state index contributed by atoms with van der Waals surface area (Å²) in [5.41, 5.74) is 0.483. The molecule has 3 nitrogen and oxygen atoms in total. The number of nitrogens with zero attached hydrogens (tertiary/aromatic N) is 1. The maximum atomic E-state index is 13.2. The Morgan fingerprint density at radius 1 is 1.54 bits per heavy atom. The Morgan fingerprint density at radius 2 is 2.31 bits per heavy atom. The van der Waals surface area contributed by atoms with Crippen molar-refractivity contribution >= 4 is 28.8 Å². The molecule has 0 bridgehead atoms. The molecule has 0 unspecified atom stereocenters. The third-order valence-corrected chi connectivity index (χ3v) is 1.94. The Bertz CT molecular complexity index is 480. The van der Waals surface area contributed by atoms with E-state index in [1.165, 1.54) is 6.07 Å². The quantitative estimate of drug-likeness (QED) is 0.714. The number of fused-ring (bicyclic) bond motifs is 1. The molecular weight excluding hydrogens is 195 g/mol. The third kappa shape index (κ3) is 1.19. The minimum absolute atomic E-state index is 0.129. The molecule has 0 amide bonds. The zero-order valence-electron chi connectivity index (χ0n) is 6.34. The lowest BCUT2D eigenvalue weighted by atomic mass is 10.2. The number of nitrogens with one attached hydrogen (secondary N) is 1.